The summed E-state index contributed by atoms with van der Waals surface area (Å²) in [5, 5.41) is 17.3. The van der Waals surface area contributed by atoms with Gasteiger partial charge in [-0.1, -0.05) is 0 Å². The molecule has 2 saturated heterocycles. The van der Waals surface area contributed by atoms with Crippen LogP contribution in [0.4, 0.5) is 0 Å². The van der Waals surface area contributed by atoms with Crippen molar-refractivity contribution in [3.8, 4) is 0 Å². The van der Waals surface area contributed by atoms with Gasteiger partial charge in [0.05, 0.1) is 0 Å². The number of hydrogen-bond acceptors (Lipinski definition) is 3. The van der Waals surface area contributed by atoms with E-state index in [-0.39, 0.29) is 11.1 Å². The Bertz CT molecular complexity index is 440. The molecule has 0 bridgehead atoms. The third kappa shape index (κ3) is 3.70. The molecule has 0 aromatic heterocycles. The van der Waals surface area contributed by atoms with Crippen LogP contribution in [0.2, 0.25) is 0 Å². The second-order valence-corrected chi connectivity index (χ2v) is 12.2. The maximum Gasteiger partial charge on any atom is 0.143 e. The highest BCUT2D eigenvalue weighted by atomic mass is 35.5. The minimum Gasteiger partial charge on any atom is -0.784 e. The fourth-order valence-corrected chi connectivity index (χ4v) is 7.46. The highest BCUT2D eigenvalue weighted by molar-refractivity contribution is 8.11. The molecule has 1 unspecified atom stereocenters. The molecule has 5 nitrogen and oxygen atoms in total. The zero-order valence-electron chi connectivity index (χ0n) is 14.3. The lowest BCUT2D eigenvalue weighted by Gasteiger charge is -2.61. The van der Waals surface area contributed by atoms with Crippen molar-refractivity contribution in [3.05, 3.63) is 5.21 Å². The zero-order chi connectivity index (χ0) is 16.8. The third-order valence-electron chi connectivity index (χ3n) is 4.75. The Morgan fingerprint density at radius 2 is 1.77 bits per heavy atom. The van der Waals surface area contributed by atoms with Crippen LogP contribution in [0.5, 0.6) is 0 Å². The number of hydroxylamine groups is 2. The summed E-state index contributed by atoms with van der Waals surface area (Å²) in [5.74, 6) is 0.566. The Labute approximate surface area is 145 Å². The van der Waals surface area contributed by atoms with E-state index in [2.05, 4.69) is 21.5 Å². The van der Waals surface area contributed by atoms with Crippen LogP contribution in [0.3, 0.4) is 0 Å². The first-order valence-electron chi connectivity index (χ1n) is 7.92. The first kappa shape index (κ1) is 19.1. The van der Waals surface area contributed by atoms with E-state index in [0.717, 1.165) is 32.5 Å². The fraction of sp³-hybridized carbons (Fsp3) is 1.00. The van der Waals surface area contributed by atoms with E-state index in [9.17, 15) is 5.21 Å². The average molecular weight is 368 g/mol. The summed E-state index contributed by atoms with van der Waals surface area (Å²) in [6.07, 6.45) is 1.68. The highest BCUT2D eigenvalue weighted by Gasteiger charge is 2.46. The first-order chi connectivity index (χ1) is 10.0. The summed E-state index contributed by atoms with van der Waals surface area (Å²) >= 11 is 11.9. The van der Waals surface area contributed by atoms with Crippen LogP contribution in [0.25, 0.3) is 0 Å². The molecular weight excluding hydrogens is 339 g/mol. The molecule has 2 rings (SSSR count). The molecule has 2 fully saturated rings. The maximum atomic E-state index is 12.5. The van der Waals surface area contributed by atoms with Crippen molar-refractivity contribution in [2.24, 2.45) is 0 Å². The van der Waals surface area contributed by atoms with Crippen LogP contribution >= 0.6 is 18.1 Å². The Hall–Kier alpha value is 0.740. The molecule has 8 heteroatoms. The molecule has 0 aliphatic carbocycles. The lowest BCUT2D eigenvalue weighted by atomic mass is 9.79. The Morgan fingerprint density at radius 3 is 2.18 bits per heavy atom. The van der Waals surface area contributed by atoms with E-state index in [1.54, 1.807) is 0 Å². The van der Waals surface area contributed by atoms with Crippen LogP contribution in [0, 0.1) is 5.21 Å². The minimum atomic E-state index is -1.94. The molecular formula is C14H29ClN4OPS-. The van der Waals surface area contributed by atoms with Gasteiger partial charge in [-0.3, -0.25) is 9.76 Å². The normalized spacial score (nSPS) is 28.7. The third-order valence-corrected chi connectivity index (χ3v) is 9.77. The van der Waals surface area contributed by atoms with Crippen molar-refractivity contribution in [2.75, 3.05) is 32.6 Å². The second-order valence-electron chi connectivity index (χ2n) is 7.65. The Morgan fingerprint density at radius 1 is 1.27 bits per heavy atom. The lowest BCUT2D eigenvalue weighted by molar-refractivity contribution is -0.0112. The van der Waals surface area contributed by atoms with E-state index in [0.29, 0.717) is 11.9 Å². The zero-order valence-corrected chi connectivity index (χ0v) is 16.8. The molecule has 0 saturated carbocycles. The molecule has 0 spiro atoms. The number of alkyl halides is 1. The van der Waals surface area contributed by atoms with Gasteiger partial charge in [0.15, 0.2) is 0 Å². The SMILES string of the molecule is CN(C1CC(C)(C)N([O-])C(C)(C)C1)P(=S)(NCCCl)N1CC1. The maximum absolute atomic E-state index is 12.5. The molecule has 2 aliphatic rings. The van der Waals surface area contributed by atoms with Crippen LogP contribution in [-0.4, -0.2) is 64.1 Å². The van der Waals surface area contributed by atoms with E-state index in [4.69, 9.17) is 23.4 Å². The van der Waals surface area contributed by atoms with E-state index < -0.39 is 6.49 Å². The van der Waals surface area contributed by atoms with E-state index in [1.165, 1.54) is 5.06 Å². The molecule has 2 heterocycles. The molecule has 0 aromatic carbocycles. The van der Waals surface area contributed by atoms with Gasteiger partial charge in [-0.05, 0) is 59.4 Å². The molecule has 0 radical (unpaired) electrons. The predicted molar refractivity (Wildman–Crippen MR) is 98.7 cm³/mol. The predicted octanol–water partition coefficient (Wildman–Crippen LogP) is 2.81. The summed E-state index contributed by atoms with van der Waals surface area (Å²) < 4.78 is 4.69. The highest BCUT2D eigenvalue weighted by Crippen LogP contribution is 2.56. The van der Waals surface area contributed by atoms with Crippen molar-refractivity contribution in [2.45, 2.75) is 57.7 Å². The molecule has 130 valence electrons. The summed E-state index contributed by atoms with van der Waals surface area (Å²) in [5.41, 5.74) is -0.738. The number of rotatable bonds is 6. The van der Waals surface area contributed by atoms with Crippen molar-refractivity contribution in [3.63, 3.8) is 0 Å². The van der Waals surface area contributed by atoms with Crippen LogP contribution in [0.15, 0.2) is 0 Å². The summed E-state index contributed by atoms with van der Waals surface area (Å²) in [6, 6.07) is 0.310. The quantitative estimate of drug-likeness (QED) is 0.442. The van der Waals surface area contributed by atoms with Crippen LogP contribution in [0.1, 0.15) is 40.5 Å². The monoisotopic (exact) mass is 367 g/mol. The summed E-state index contributed by atoms with van der Waals surface area (Å²) in [6.45, 7) is 9.05. The van der Waals surface area contributed by atoms with Gasteiger partial charge >= 0.3 is 0 Å². The smallest absolute Gasteiger partial charge is 0.143 e. The van der Waals surface area contributed by atoms with Gasteiger partial charge in [0, 0.05) is 42.6 Å². The van der Waals surface area contributed by atoms with Gasteiger partial charge in [-0.25, -0.2) is 4.67 Å². The number of piperidine rings is 1. The van der Waals surface area contributed by atoms with Gasteiger partial charge in [-0.2, -0.15) is 0 Å². The van der Waals surface area contributed by atoms with Gasteiger partial charge in [0.2, 0.25) is 0 Å². The standard InChI is InChI=1S/C14H29ClN4OPS/c1-13(2)10-12(11-14(3,4)19(13)20)17(5)21(22,16-7-6-15)18-8-9-18/h12H,6-11H2,1-5H3,(H,16,22)/q-1. The molecule has 1 atom stereocenters. The van der Waals surface area contributed by atoms with Gasteiger partial charge in [-0.15, -0.1) is 11.6 Å². The van der Waals surface area contributed by atoms with Crippen molar-refractivity contribution >= 4 is 29.9 Å². The second kappa shape index (κ2) is 6.57. The number of hydrogen-bond donors (Lipinski definition) is 1. The van der Waals surface area contributed by atoms with Crippen molar-refractivity contribution in [1.29, 1.82) is 0 Å². The summed E-state index contributed by atoms with van der Waals surface area (Å²) in [4.78, 5) is 0. The summed E-state index contributed by atoms with van der Waals surface area (Å²) in [7, 11) is 2.12. The van der Waals surface area contributed by atoms with Gasteiger partial charge < -0.3 is 10.3 Å². The fourth-order valence-electron chi connectivity index (χ4n) is 3.61. The lowest BCUT2D eigenvalue weighted by Crippen LogP contribution is -2.61. The number of nitrogens with one attached hydrogen (secondary N) is 1. The van der Waals surface area contributed by atoms with E-state index >= 15 is 0 Å². The van der Waals surface area contributed by atoms with Gasteiger partial charge in [0.1, 0.15) is 6.49 Å². The molecule has 0 amide bonds. The van der Waals surface area contributed by atoms with Crippen LogP contribution < -0.4 is 5.09 Å². The topological polar surface area (TPSA) is 44.6 Å². The van der Waals surface area contributed by atoms with Crippen molar-refractivity contribution < 1.29 is 0 Å². The van der Waals surface area contributed by atoms with Crippen LogP contribution in [-0.2, 0) is 11.8 Å². The van der Waals surface area contributed by atoms with Crippen molar-refractivity contribution in [1.82, 2.24) is 19.5 Å². The van der Waals surface area contributed by atoms with E-state index in [1.807, 2.05) is 27.7 Å². The van der Waals surface area contributed by atoms with Gasteiger partial charge in [0.25, 0.3) is 0 Å². The molecule has 2 aliphatic heterocycles. The minimum absolute atomic E-state index is 0.310. The Kier molecular flexibility index (Phi) is 5.69. The number of halogens is 1. The molecule has 0 aromatic rings. The molecule has 22 heavy (non-hydrogen) atoms. The average Bonchev–Trinajstić information content (AvgIpc) is 3.25. The first-order valence-corrected chi connectivity index (χ1v) is 11.2. The number of nitrogens with zero attached hydrogens (tertiary/aromatic N) is 3. The Balaban J connectivity index is 2.20. The largest absolute Gasteiger partial charge is 0.784 e. The molecule has 1 N–H and O–H groups in total.